The molecule has 0 unspecified atom stereocenters. The minimum atomic E-state index is -1.78. The van der Waals surface area contributed by atoms with Gasteiger partial charge in [-0.2, -0.15) is 0 Å². The molecule has 2 heteroatoms. The van der Waals surface area contributed by atoms with E-state index in [4.69, 9.17) is 0 Å². The van der Waals surface area contributed by atoms with E-state index in [1.807, 2.05) is 0 Å². The average molecular weight is 140 g/mol. The molecule has 0 aliphatic rings. The SMILES string of the molecule is CS(C)(C)(C)(C)S. The van der Waals surface area contributed by atoms with Gasteiger partial charge in [0.25, 0.3) is 0 Å². The highest BCUT2D eigenvalue weighted by Gasteiger charge is 2.30. The Hall–Kier alpha value is 0.700. The molecule has 0 aliphatic carbocycles. The van der Waals surface area contributed by atoms with Crippen LogP contribution in [0.4, 0.5) is 0 Å². The highest BCUT2D eigenvalue weighted by atomic mass is 33.2. The summed E-state index contributed by atoms with van der Waals surface area (Å²) in [4.78, 5) is 0. The molecule has 0 radical (unpaired) electrons. The first-order valence-corrected chi connectivity index (χ1v) is 7.77. The summed E-state index contributed by atoms with van der Waals surface area (Å²) in [6.45, 7) is 0. The summed E-state index contributed by atoms with van der Waals surface area (Å²) in [5.41, 5.74) is 0. The van der Waals surface area contributed by atoms with Crippen molar-refractivity contribution in [3.05, 3.63) is 0 Å². The van der Waals surface area contributed by atoms with Crippen molar-refractivity contribution in [1.29, 1.82) is 0 Å². The normalized spacial score (nSPS) is 23.1. The van der Waals surface area contributed by atoms with E-state index < -0.39 is 7.33 Å². The monoisotopic (exact) mass is 140 g/mol. The number of rotatable bonds is 0. The summed E-state index contributed by atoms with van der Waals surface area (Å²) in [7, 11) is -1.78. The molecule has 48 valence electrons. The number of hydrogen-bond donors (Lipinski definition) is 1. The molecule has 0 rings (SSSR count). The second kappa shape index (κ2) is 0.883. The zero-order chi connectivity index (χ0) is 6.41. The summed E-state index contributed by atoms with van der Waals surface area (Å²) >= 11 is 4.55. The van der Waals surface area contributed by atoms with Crippen molar-refractivity contribution in [2.24, 2.45) is 0 Å². The maximum Gasteiger partial charge on any atom is -0.0393 e. The Morgan fingerprint density at radius 1 is 0.857 bits per heavy atom. The minimum Gasteiger partial charge on any atom is -0.252 e. The molecule has 0 amide bonds. The van der Waals surface area contributed by atoms with Crippen molar-refractivity contribution in [1.82, 2.24) is 0 Å². The summed E-state index contributed by atoms with van der Waals surface area (Å²) in [6.07, 6.45) is 11.1. The lowest BCUT2D eigenvalue weighted by Crippen LogP contribution is -2.20. The zero-order valence-corrected chi connectivity index (χ0v) is 7.57. The van der Waals surface area contributed by atoms with Gasteiger partial charge in [-0.3, -0.25) is 7.33 Å². The fraction of sp³-hybridized carbons (Fsp3) is 1.00. The van der Waals surface area contributed by atoms with Crippen LogP contribution in [0.25, 0.3) is 0 Å². The molecule has 0 saturated carbocycles. The van der Waals surface area contributed by atoms with Gasteiger partial charge in [0.15, 0.2) is 0 Å². The molecule has 0 bridgehead atoms. The number of hydrogen-bond acceptors (Lipinski definition) is 1. The molecule has 0 aromatic carbocycles. The minimum absolute atomic E-state index is 1.78. The summed E-state index contributed by atoms with van der Waals surface area (Å²) < 4.78 is 0. The highest BCUT2D eigenvalue weighted by Crippen LogP contribution is 2.79. The second-order valence-electron chi connectivity index (χ2n) is 5.00. The largest absolute Gasteiger partial charge is 0.252 e. The standard InChI is InChI=1S/C5H16S2/c1-7(2,3,4,5)6/h6H,1-5H3. The van der Waals surface area contributed by atoms with E-state index in [-0.39, 0.29) is 0 Å². The van der Waals surface area contributed by atoms with Gasteiger partial charge in [0.2, 0.25) is 0 Å². The molecule has 7 heavy (non-hydrogen) atoms. The smallest absolute Gasteiger partial charge is 0.0393 e. The zero-order valence-electron chi connectivity index (χ0n) is 5.86. The molecular weight excluding hydrogens is 124 g/mol. The molecule has 0 N–H and O–H groups in total. The van der Waals surface area contributed by atoms with Crippen LogP contribution in [0.2, 0.25) is 0 Å². The van der Waals surface area contributed by atoms with Gasteiger partial charge in [-0.1, -0.05) is 0 Å². The van der Waals surface area contributed by atoms with Crippen LogP contribution in [0.3, 0.4) is 0 Å². The average Bonchev–Trinajstić information content (AvgIpc) is 0.592. The van der Waals surface area contributed by atoms with E-state index in [2.05, 4.69) is 42.9 Å². The summed E-state index contributed by atoms with van der Waals surface area (Å²) in [5, 5.41) is 0. The van der Waals surface area contributed by atoms with Crippen molar-refractivity contribution >= 4 is 19.0 Å². The van der Waals surface area contributed by atoms with Crippen molar-refractivity contribution in [3.8, 4) is 0 Å². The molecule has 0 aromatic heterocycles. The van der Waals surface area contributed by atoms with E-state index in [9.17, 15) is 0 Å². The van der Waals surface area contributed by atoms with Gasteiger partial charge < -0.3 is 0 Å². The Bertz CT molecular complexity index is 64.6. The fourth-order valence-corrected chi connectivity index (χ4v) is 0. The van der Waals surface area contributed by atoms with Gasteiger partial charge in [0.1, 0.15) is 0 Å². The lowest BCUT2D eigenvalue weighted by atomic mass is 11.8. The Balaban J connectivity index is 4.43. The summed E-state index contributed by atoms with van der Waals surface area (Å²) in [5.74, 6) is 0. The van der Waals surface area contributed by atoms with Crippen LogP contribution in [-0.2, 0) is 0 Å². The summed E-state index contributed by atoms with van der Waals surface area (Å²) in [6, 6.07) is 0. The van der Waals surface area contributed by atoms with E-state index in [1.54, 1.807) is 0 Å². The third kappa shape index (κ3) is 302. The van der Waals surface area contributed by atoms with E-state index >= 15 is 0 Å². The predicted octanol–water partition coefficient (Wildman–Crippen LogP) is 1.86. The Morgan fingerprint density at radius 3 is 0.857 bits per heavy atom. The topological polar surface area (TPSA) is 0 Å². The van der Waals surface area contributed by atoms with Crippen molar-refractivity contribution in [3.63, 3.8) is 0 Å². The van der Waals surface area contributed by atoms with Gasteiger partial charge >= 0.3 is 0 Å². The lowest BCUT2D eigenvalue weighted by molar-refractivity contribution is 1.86. The molecule has 0 saturated heterocycles. The first-order valence-electron chi connectivity index (χ1n) is 2.22. The molecule has 0 spiro atoms. The quantitative estimate of drug-likeness (QED) is 0.385. The molecule has 0 atom stereocenters. The van der Waals surface area contributed by atoms with E-state index in [0.717, 1.165) is 0 Å². The number of thiol groups is 1. The van der Waals surface area contributed by atoms with E-state index in [0.29, 0.717) is 0 Å². The Morgan fingerprint density at radius 2 is 0.857 bits per heavy atom. The predicted molar refractivity (Wildman–Crippen MR) is 46.2 cm³/mol. The van der Waals surface area contributed by atoms with Crippen LogP contribution in [0, 0.1) is 0 Å². The van der Waals surface area contributed by atoms with Gasteiger partial charge in [0.05, 0.1) is 0 Å². The Kier molecular flexibility index (Phi) is 0.971. The van der Waals surface area contributed by atoms with Crippen LogP contribution in [0.15, 0.2) is 0 Å². The van der Waals surface area contributed by atoms with Crippen molar-refractivity contribution < 1.29 is 0 Å². The van der Waals surface area contributed by atoms with Crippen LogP contribution >= 0.6 is 19.0 Å². The lowest BCUT2D eigenvalue weighted by Gasteiger charge is -2.60. The molecule has 0 nitrogen and oxygen atoms in total. The maximum absolute atomic E-state index is 4.55. The van der Waals surface area contributed by atoms with Crippen LogP contribution in [0.5, 0.6) is 0 Å². The second-order valence-corrected chi connectivity index (χ2v) is 20.5. The van der Waals surface area contributed by atoms with Crippen molar-refractivity contribution in [2.45, 2.75) is 0 Å². The van der Waals surface area contributed by atoms with Crippen LogP contribution < -0.4 is 0 Å². The van der Waals surface area contributed by atoms with Gasteiger partial charge in [0, 0.05) is 0 Å². The fourth-order valence-electron chi connectivity index (χ4n) is 0. The molecule has 0 heterocycles. The third-order valence-electron chi connectivity index (χ3n) is 0. The Labute approximate surface area is 50.7 Å². The van der Waals surface area contributed by atoms with Gasteiger partial charge in [-0.05, 0) is 31.3 Å². The molecule has 0 aromatic rings. The van der Waals surface area contributed by atoms with Gasteiger partial charge in [-0.15, -0.1) is 11.7 Å². The third-order valence-corrected chi connectivity index (χ3v) is 0. The van der Waals surface area contributed by atoms with Crippen molar-refractivity contribution in [2.75, 3.05) is 31.3 Å². The molecule has 0 fully saturated rings. The maximum atomic E-state index is 4.55. The van der Waals surface area contributed by atoms with Crippen LogP contribution in [-0.4, -0.2) is 31.3 Å². The highest BCUT2D eigenvalue weighted by molar-refractivity contribution is 9.06. The first kappa shape index (κ1) is 7.70. The van der Waals surface area contributed by atoms with Crippen LogP contribution in [0.1, 0.15) is 0 Å². The molecule has 0 aliphatic heterocycles. The first-order chi connectivity index (χ1) is 2.45. The molecular formula is C5H16S2. The van der Waals surface area contributed by atoms with Gasteiger partial charge in [-0.25, -0.2) is 0 Å². The van der Waals surface area contributed by atoms with E-state index in [1.165, 1.54) is 0 Å².